The lowest BCUT2D eigenvalue weighted by molar-refractivity contribution is 0.0952. The van der Waals surface area contributed by atoms with E-state index >= 15 is 0 Å². The van der Waals surface area contributed by atoms with Crippen LogP contribution < -0.4 is 14.8 Å². The van der Waals surface area contributed by atoms with Gasteiger partial charge in [0.25, 0.3) is 5.91 Å². The van der Waals surface area contributed by atoms with E-state index in [1.165, 1.54) is 0 Å². The molecule has 0 radical (unpaired) electrons. The average Bonchev–Trinajstić information content (AvgIpc) is 3.24. The number of methoxy groups -OCH3 is 1. The van der Waals surface area contributed by atoms with E-state index in [9.17, 15) is 4.79 Å². The van der Waals surface area contributed by atoms with Crippen molar-refractivity contribution in [3.8, 4) is 11.5 Å². The minimum absolute atomic E-state index is 0.0660. The molecule has 1 heterocycles. The number of carbonyl (C=O) groups excluding carboxylic acids is 1. The maximum atomic E-state index is 12.9. The van der Waals surface area contributed by atoms with Crippen molar-refractivity contribution in [1.82, 2.24) is 10.3 Å². The Morgan fingerprint density at radius 2 is 1.81 bits per heavy atom. The van der Waals surface area contributed by atoms with Gasteiger partial charge < -0.3 is 19.8 Å². The fraction of sp³-hybridized carbons (Fsp3) is 0.222. The highest BCUT2D eigenvalue weighted by molar-refractivity contribution is 5.95. The van der Waals surface area contributed by atoms with Crippen molar-refractivity contribution in [1.29, 1.82) is 0 Å². The molecule has 0 spiro atoms. The van der Waals surface area contributed by atoms with Crippen molar-refractivity contribution >= 4 is 16.8 Å². The summed E-state index contributed by atoms with van der Waals surface area (Å²) >= 11 is 0. The van der Waals surface area contributed by atoms with Crippen LogP contribution in [0.3, 0.4) is 0 Å². The number of H-pyrrole nitrogens is 1. The molecule has 0 saturated carbocycles. The van der Waals surface area contributed by atoms with E-state index in [-0.39, 0.29) is 11.8 Å². The summed E-state index contributed by atoms with van der Waals surface area (Å²) in [5.74, 6) is 1.24. The molecule has 32 heavy (non-hydrogen) atoms. The molecule has 0 bridgehead atoms. The van der Waals surface area contributed by atoms with Crippen LogP contribution in [0.15, 0.2) is 72.9 Å². The zero-order chi connectivity index (χ0) is 22.5. The van der Waals surface area contributed by atoms with Gasteiger partial charge in [0.05, 0.1) is 13.7 Å². The van der Waals surface area contributed by atoms with E-state index in [4.69, 9.17) is 9.47 Å². The van der Waals surface area contributed by atoms with Gasteiger partial charge in [-0.15, -0.1) is 0 Å². The molecule has 5 heteroatoms. The summed E-state index contributed by atoms with van der Waals surface area (Å²) in [6, 6.07) is 21.8. The van der Waals surface area contributed by atoms with Crippen LogP contribution in [-0.2, 0) is 0 Å². The van der Waals surface area contributed by atoms with Crippen LogP contribution in [-0.4, -0.2) is 31.2 Å². The lowest BCUT2D eigenvalue weighted by Gasteiger charge is -2.20. The summed E-state index contributed by atoms with van der Waals surface area (Å²) in [7, 11) is 1.64. The third kappa shape index (κ3) is 4.33. The van der Waals surface area contributed by atoms with E-state index in [1.807, 2.05) is 74.6 Å². The Kier molecular flexibility index (Phi) is 6.45. The molecule has 3 aromatic carbocycles. The van der Waals surface area contributed by atoms with Gasteiger partial charge in [-0.2, -0.15) is 0 Å². The van der Waals surface area contributed by atoms with Crippen LogP contribution in [0.4, 0.5) is 0 Å². The number of nitrogens with one attached hydrogen (secondary N) is 2. The standard InChI is InChI=1S/C27H28N2O3/c1-4-32-25-14-13-19(15-26(25)31-3)22(23-17-28-24-12-8-7-11-21(23)24)16-29-27(30)20-10-6-5-9-18(20)2/h5-15,17,22,28H,4,16H2,1-3H3,(H,29,30)/t22-/m1/s1. The number of benzene rings is 3. The largest absolute Gasteiger partial charge is 0.493 e. The van der Waals surface area contributed by atoms with Gasteiger partial charge in [0.15, 0.2) is 11.5 Å². The summed E-state index contributed by atoms with van der Waals surface area (Å²) in [6.45, 7) is 4.91. The maximum absolute atomic E-state index is 12.9. The molecule has 1 aromatic heterocycles. The molecule has 0 aliphatic carbocycles. The van der Waals surface area contributed by atoms with E-state index in [2.05, 4.69) is 22.4 Å². The van der Waals surface area contributed by atoms with Crippen LogP contribution in [0, 0.1) is 6.92 Å². The van der Waals surface area contributed by atoms with Gasteiger partial charge in [-0.25, -0.2) is 0 Å². The van der Waals surface area contributed by atoms with Crippen molar-refractivity contribution < 1.29 is 14.3 Å². The predicted molar refractivity (Wildman–Crippen MR) is 128 cm³/mol. The quantitative estimate of drug-likeness (QED) is 0.392. The molecular formula is C27H28N2O3. The first-order valence-corrected chi connectivity index (χ1v) is 10.8. The van der Waals surface area contributed by atoms with Crippen molar-refractivity contribution in [2.24, 2.45) is 0 Å². The third-order valence-corrected chi connectivity index (χ3v) is 5.74. The minimum atomic E-state index is -0.0779. The van der Waals surface area contributed by atoms with Gasteiger partial charge in [-0.3, -0.25) is 4.79 Å². The monoisotopic (exact) mass is 428 g/mol. The highest BCUT2D eigenvalue weighted by Gasteiger charge is 2.21. The Balaban J connectivity index is 1.71. The highest BCUT2D eigenvalue weighted by atomic mass is 16.5. The van der Waals surface area contributed by atoms with Crippen LogP contribution in [0.2, 0.25) is 0 Å². The van der Waals surface area contributed by atoms with Crippen LogP contribution in [0.1, 0.15) is 39.9 Å². The van der Waals surface area contributed by atoms with E-state index in [0.29, 0.717) is 30.2 Å². The number of ether oxygens (including phenoxy) is 2. The zero-order valence-corrected chi connectivity index (χ0v) is 18.6. The number of para-hydroxylation sites is 1. The summed E-state index contributed by atoms with van der Waals surface area (Å²) in [6.07, 6.45) is 2.03. The number of aromatic nitrogens is 1. The van der Waals surface area contributed by atoms with Crippen LogP contribution >= 0.6 is 0 Å². The van der Waals surface area contributed by atoms with Crippen LogP contribution in [0.5, 0.6) is 11.5 Å². The topological polar surface area (TPSA) is 63.3 Å². The summed E-state index contributed by atoms with van der Waals surface area (Å²) in [5.41, 5.74) is 4.87. The predicted octanol–water partition coefficient (Wildman–Crippen LogP) is 5.45. The Bertz CT molecular complexity index is 1230. The number of carbonyl (C=O) groups is 1. The average molecular weight is 429 g/mol. The summed E-state index contributed by atoms with van der Waals surface area (Å²) < 4.78 is 11.3. The Morgan fingerprint density at radius 3 is 2.59 bits per heavy atom. The van der Waals surface area contributed by atoms with Gasteiger partial charge in [-0.05, 0) is 54.8 Å². The van der Waals surface area contributed by atoms with E-state index < -0.39 is 0 Å². The molecule has 1 amide bonds. The van der Waals surface area contributed by atoms with E-state index in [1.54, 1.807) is 7.11 Å². The minimum Gasteiger partial charge on any atom is -0.493 e. The van der Waals surface area contributed by atoms with Gasteiger partial charge in [-0.1, -0.05) is 42.5 Å². The Morgan fingerprint density at radius 1 is 1.03 bits per heavy atom. The molecule has 2 N–H and O–H groups in total. The van der Waals surface area contributed by atoms with Crippen LogP contribution in [0.25, 0.3) is 10.9 Å². The smallest absolute Gasteiger partial charge is 0.251 e. The fourth-order valence-corrected chi connectivity index (χ4v) is 4.08. The second-order valence-corrected chi connectivity index (χ2v) is 7.71. The molecule has 5 nitrogen and oxygen atoms in total. The van der Waals surface area contributed by atoms with Gasteiger partial charge >= 0.3 is 0 Å². The number of hydrogen-bond donors (Lipinski definition) is 2. The van der Waals surface area contributed by atoms with Gasteiger partial charge in [0.2, 0.25) is 0 Å². The van der Waals surface area contributed by atoms with E-state index in [0.717, 1.165) is 27.6 Å². The number of aromatic amines is 1. The molecule has 0 aliphatic heterocycles. The molecule has 0 aliphatic rings. The molecule has 0 saturated heterocycles. The summed E-state index contributed by atoms with van der Waals surface area (Å²) in [5, 5.41) is 4.28. The summed E-state index contributed by atoms with van der Waals surface area (Å²) in [4.78, 5) is 16.3. The number of hydrogen-bond acceptors (Lipinski definition) is 3. The van der Waals surface area contributed by atoms with Crippen molar-refractivity contribution in [2.45, 2.75) is 19.8 Å². The molecule has 164 valence electrons. The van der Waals surface area contributed by atoms with Crippen molar-refractivity contribution in [3.63, 3.8) is 0 Å². The number of rotatable bonds is 8. The highest BCUT2D eigenvalue weighted by Crippen LogP contribution is 2.36. The molecule has 0 unspecified atom stereocenters. The zero-order valence-electron chi connectivity index (χ0n) is 18.6. The van der Waals surface area contributed by atoms with Gasteiger partial charge in [0.1, 0.15) is 0 Å². The van der Waals surface area contributed by atoms with Gasteiger partial charge in [0, 0.05) is 35.1 Å². The molecule has 1 atom stereocenters. The molecule has 4 aromatic rings. The first-order valence-electron chi connectivity index (χ1n) is 10.8. The number of fused-ring (bicyclic) bond motifs is 1. The molecular weight excluding hydrogens is 400 g/mol. The maximum Gasteiger partial charge on any atom is 0.251 e. The Hall–Kier alpha value is -3.73. The number of aryl methyl sites for hydroxylation is 1. The normalized spacial score (nSPS) is 11.8. The third-order valence-electron chi connectivity index (χ3n) is 5.74. The second kappa shape index (κ2) is 9.60. The first kappa shape index (κ1) is 21.5. The lowest BCUT2D eigenvalue weighted by Crippen LogP contribution is -2.29. The lowest BCUT2D eigenvalue weighted by atomic mass is 9.90. The second-order valence-electron chi connectivity index (χ2n) is 7.71. The Labute approximate surface area is 188 Å². The van der Waals surface area contributed by atoms with Crippen molar-refractivity contribution in [2.75, 3.05) is 20.3 Å². The number of amides is 1. The molecule has 0 fully saturated rings. The van der Waals surface area contributed by atoms with Crippen molar-refractivity contribution in [3.05, 3.63) is 95.2 Å². The first-order chi connectivity index (χ1) is 15.6. The fourth-order valence-electron chi connectivity index (χ4n) is 4.08. The molecule has 4 rings (SSSR count). The SMILES string of the molecule is CCOc1ccc([C@@H](CNC(=O)c2ccccc2C)c2c[nH]c3ccccc23)cc1OC.